The van der Waals surface area contributed by atoms with Crippen LogP contribution in [-0.2, 0) is 10.2 Å². The Balaban J connectivity index is 1.55. The van der Waals surface area contributed by atoms with Gasteiger partial charge in [-0.15, -0.1) is 4.40 Å². The number of nitrogens with one attached hydrogen (secondary N) is 1. The molecule has 3 N–H and O–H groups in total. The smallest absolute Gasteiger partial charge is 0.344 e. The molecule has 4 rings (SSSR count). The molecule has 132 valence electrons. The van der Waals surface area contributed by atoms with Gasteiger partial charge in [0.2, 0.25) is 0 Å². The van der Waals surface area contributed by atoms with Gasteiger partial charge in [0.15, 0.2) is 5.84 Å². The molecule has 0 amide bonds. The van der Waals surface area contributed by atoms with Crippen LogP contribution < -0.4 is 15.2 Å². The zero-order chi connectivity index (χ0) is 17.7. The third kappa shape index (κ3) is 2.97. The summed E-state index contributed by atoms with van der Waals surface area (Å²) in [5.41, 5.74) is 8.01. The third-order valence-corrected chi connectivity index (χ3v) is 5.71. The van der Waals surface area contributed by atoms with Gasteiger partial charge in [0.05, 0.1) is 16.8 Å². The van der Waals surface area contributed by atoms with Gasteiger partial charge >= 0.3 is 10.2 Å². The Labute approximate surface area is 147 Å². The second kappa shape index (κ2) is 5.52. The number of anilines is 1. The van der Waals surface area contributed by atoms with Crippen molar-refractivity contribution in [1.82, 2.24) is 4.90 Å². The minimum Gasteiger partial charge on any atom is -0.490 e. The van der Waals surface area contributed by atoms with Crippen molar-refractivity contribution >= 4 is 21.7 Å². The monoisotopic (exact) mass is 360 g/mol. The summed E-state index contributed by atoms with van der Waals surface area (Å²) in [6.07, 6.45) is 8.55. The van der Waals surface area contributed by atoms with Crippen LogP contribution in [0.25, 0.3) is 0 Å². The van der Waals surface area contributed by atoms with Crippen molar-refractivity contribution in [3.63, 3.8) is 0 Å². The summed E-state index contributed by atoms with van der Waals surface area (Å²) < 4.78 is 35.3. The molecule has 3 aliphatic rings. The summed E-state index contributed by atoms with van der Waals surface area (Å²) in [5.74, 6) is 0.491. The van der Waals surface area contributed by atoms with Gasteiger partial charge in [-0.25, -0.2) is 0 Å². The van der Waals surface area contributed by atoms with Crippen molar-refractivity contribution < 1.29 is 13.2 Å². The topological polar surface area (TPSA) is 97.0 Å². The highest BCUT2D eigenvalue weighted by molar-refractivity contribution is 7.91. The summed E-state index contributed by atoms with van der Waals surface area (Å²) in [6.45, 7) is 3.48. The lowest BCUT2D eigenvalue weighted by Gasteiger charge is -2.32. The quantitative estimate of drug-likeness (QED) is 0.853. The van der Waals surface area contributed by atoms with E-state index in [4.69, 9.17) is 10.5 Å². The molecule has 0 atom stereocenters. The number of amidine groups is 1. The highest BCUT2D eigenvalue weighted by atomic mass is 32.2. The second-order valence-corrected chi connectivity index (χ2v) is 8.00. The lowest BCUT2D eigenvalue weighted by molar-refractivity contribution is 0.170. The van der Waals surface area contributed by atoms with Gasteiger partial charge in [0, 0.05) is 12.7 Å². The van der Waals surface area contributed by atoms with Crippen molar-refractivity contribution in [2.24, 2.45) is 10.1 Å². The zero-order valence-electron chi connectivity index (χ0n) is 13.9. The van der Waals surface area contributed by atoms with Crippen LogP contribution in [0, 0.1) is 0 Å². The number of benzene rings is 1. The first-order valence-electron chi connectivity index (χ1n) is 8.15. The van der Waals surface area contributed by atoms with Crippen molar-refractivity contribution in [2.75, 3.05) is 17.9 Å². The number of ether oxygens (including phenoxy) is 1. The summed E-state index contributed by atoms with van der Waals surface area (Å²) in [6, 6.07) is 5.17. The fourth-order valence-corrected chi connectivity index (χ4v) is 3.98. The molecule has 1 aromatic rings. The molecule has 1 aromatic carbocycles. The van der Waals surface area contributed by atoms with Crippen LogP contribution in [0.5, 0.6) is 5.75 Å². The molecule has 0 radical (unpaired) electrons. The first kappa shape index (κ1) is 16.0. The molecule has 25 heavy (non-hydrogen) atoms. The lowest BCUT2D eigenvalue weighted by atomic mass is 10.1. The highest BCUT2D eigenvalue weighted by Gasteiger charge is 2.48. The van der Waals surface area contributed by atoms with Gasteiger partial charge in [-0.05, 0) is 38.0 Å². The Hall–Kier alpha value is -2.48. The van der Waals surface area contributed by atoms with Gasteiger partial charge in [-0.3, -0.25) is 4.72 Å². The largest absolute Gasteiger partial charge is 0.490 e. The summed E-state index contributed by atoms with van der Waals surface area (Å²) in [4.78, 5) is 2.30. The van der Waals surface area contributed by atoms with Crippen LogP contribution in [-0.4, -0.2) is 37.8 Å². The highest BCUT2D eigenvalue weighted by Crippen LogP contribution is 2.43. The summed E-state index contributed by atoms with van der Waals surface area (Å²) in [5, 5.41) is 0. The van der Waals surface area contributed by atoms with Crippen LogP contribution in [0.4, 0.5) is 5.69 Å². The number of nitrogens with two attached hydrogens (primary N) is 1. The molecular formula is C17H20N4O3S. The van der Waals surface area contributed by atoms with E-state index in [1.165, 1.54) is 5.57 Å². The maximum atomic E-state index is 11.7. The zero-order valence-corrected chi connectivity index (χ0v) is 14.7. The van der Waals surface area contributed by atoms with Crippen LogP contribution in [0.1, 0.15) is 25.3 Å². The molecular weight excluding hydrogens is 340 g/mol. The van der Waals surface area contributed by atoms with Gasteiger partial charge in [-0.2, -0.15) is 8.42 Å². The lowest BCUT2D eigenvalue weighted by Crippen LogP contribution is -2.39. The third-order valence-electron chi connectivity index (χ3n) is 4.80. The minimum atomic E-state index is -3.78. The maximum Gasteiger partial charge on any atom is 0.344 e. The van der Waals surface area contributed by atoms with Crippen molar-refractivity contribution in [3.8, 4) is 5.75 Å². The standard InChI is InChI=1S/C17H20N4O3S/c1-12-5-9-21(10-6-12)17(7-8-17)11-24-14-4-2-3-13-15(14)16(18)20-25(22,23)19-13/h2-6,9,19H,7-8,10-11H2,1H3,(H2,18,20). The van der Waals surface area contributed by atoms with Gasteiger partial charge in [0.1, 0.15) is 12.4 Å². The number of rotatable bonds is 4. The van der Waals surface area contributed by atoms with Crippen LogP contribution >= 0.6 is 0 Å². The summed E-state index contributed by atoms with van der Waals surface area (Å²) in [7, 11) is -3.78. The molecule has 0 unspecified atom stereocenters. The average molecular weight is 360 g/mol. The molecule has 0 spiro atoms. The first-order chi connectivity index (χ1) is 11.9. The fraction of sp³-hybridized carbons (Fsp3) is 0.353. The predicted octanol–water partition coefficient (Wildman–Crippen LogP) is 1.75. The Kier molecular flexibility index (Phi) is 3.54. The Bertz CT molecular complexity index is 914. The SMILES string of the molecule is CC1=CCN(C2(COc3cccc4c3C(N)=NS(=O)(=O)N4)CC2)C=C1. The van der Waals surface area contributed by atoms with E-state index in [9.17, 15) is 8.42 Å². The molecule has 0 bridgehead atoms. The number of hydrogen-bond acceptors (Lipinski definition) is 5. The maximum absolute atomic E-state index is 11.7. The van der Waals surface area contributed by atoms with Gasteiger partial charge in [0.25, 0.3) is 0 Å². The second-order valence-electron chi connectivity index (χ2n) is 6.66. The van der Waals surface area contributed by atoms with Crippen LogP contribution in [0.15, 0.2) is 46.5 Å². The Morgan fingerprint density at radius 1 is 1.40 bits per heavy atom. The van der Waals surface area contributed by atoms with E-state index in [2.05, 4.69) is 39.3 Å². The number of fused-ring (bicyclic) bond motifs is 1. The van der Waals surface area contributed by atoms with Crippen molar-refractivity contribution in [3.05, 3.63) is 47.7 Å². The summed E-state index contributed by atoms with van der Waals surface area (Å²) >= 11 is 0. The van der Waals surface area contributed by atoms with E-state index in [0.29, 0.717) is 23.6 Å². The van der Waals surface area contributed by atoms with E-state index in [1.807, 2.05) is 0 Å². The van der Waals surface area contributed by atoms with Crippen LogP contribution in [0.2, 0.25) is 0 Å². The van der Waals surface area contributed by atoms with E-state index in [0.717, 1.165) is 19.4 Å². The molecule has 7 nitrogen and oxygen atoms in total. The fourth-order valence-electron chi connectivity index (χ4n) is 3.14. The molecule has 1 saturated carbocycles. The number of hydrogen-bond donors (Lipinski definition) is 2. The molecule has 0 aromatic heterocycles. The van der Waals surface area contributed by atoms with Crippen molar-refractivity contribution in [2.45, 2.75) is 25.3 Å². The molecule has 8 heteroatoms. The molecule has 2 heterocycles. The van der Waals surface area contributed by atoms with Gasteiger partial charge in [-0.1, -0.05) is 17.7 Å². The van der Waals surface area contributed by atoms with E-state index < -0.39 is 10.2 Å². The number of nitrogens with zero attached hydrogens (tertiary/aromatic N) is 2. The van der Waals surface area contributed by atoms with Crippen molar-refractivity contribution in [1.29, 1.82) is 0 Å². The van der Waals surface area contributed by atoms with E-state index >= 15 is 0 Å². The average Bonchev–Trinajstić information content (AvgIpc) is 3.33. The molecule has 2 aliphatic heterocycles. The minimum absolute atomic E-state index is 0.00347. The molecule has 1 fully saturated rings. The Morgan fingerprint density at radius 3 is 2.88 bits per heavy atom. The number of allylic oxidation sites excluding steroid dienone is 2. The predicted molar refractivity (Wildman–Crippen MR) is 96.8 cm³/mol. The van der Waals surface area contributed by atoms with Gasteiger partial charge < -0.3 is 15.4 Å². The van der Waals surface area contributed by atoms with E-state index in [1.54, 1.807) is 18.2 Å². The van der Waals surface area contributed by atoms with E-state index in [-0.39, 0.29) is 11.4 Å². The Morgan fingerprint density at radius 2 is 2.20 bits per heavy atom. The molecule has 1 aliphatic carbocycles. The first-order valence-corrected chi connectivity index (χ1v) is 9.59. The molecule has 0 saturated heterocycles. The normalized spacial score (nSPS) is 22.4. The van der Waals surface area contributed by atoms with Crippen LogP contribution in [0.3, 0.4) is 0 Å².